The van der Waals surface area contributed by atoms with Crippen molar-refractivity contribution in [2.45, 2.75) is 80.6 Å². The van der Waals surface area contributed by atoms with Crippen molar-refractivity contribution in [3.63, 3.8) is 0 Å². The molecule has 1 saturated carbocycles. The van der Waals surface area contributed by atoms with Crippen molar-refractivity contribution >= 4 is 33.3 Å². The second-order valence-electron chi connectivity index (χ2n) is 10.1. The van der Waals surface area contributed by atoms with E-state index in [4.69, 9.17) is 9.47 Å². The van der Waals surface area contributed by atoms with Crippen LogP contribution in [0.3, 0.4) is 0 Å². The highest BCUT2D eigenvalue weighted by atomic mass is 33.1. The molecular formula is C25H31NO4S2. The van der Waals surface area contributed by atoms with Gasteiger partial charge < -0.3 is 14.4 Å². The normalized spacial score (nSPS) is 34.8. The van der Waals surface area contributed by atoms with Crippen molar-refractivity contribution < 1.29 is 19.1 Å². The Kier molecular flexibility index (Phi) is 5.50. The van der Waals surface area contributed by atoms with Gasteiger partial charge in [-0.25, -0.2) is 0 Å². The van der Waals surface area contributed by atoms with Crippen LogP contribution in [0.2, 0.25) is 0 Å². The molecule has 5 nitrogen and oxygen atoms in total. The highest BCUT2D eigenvalue weighted by Crippen LogP contribution is 2.63. The third kappa shape index (κ3) is 3.25. The van der Waals surface area contributed by atoms with E-state index in [1.807, 2.05) is 27.7 Å². The Balaban J connectivity index is 1.22. The molecule has 172 valence electrons. The summed E-state index contributed by atoms with van der Waals surface area (Å²) >= 11 is 0. The molecule has 32 heavy (non-hydrogen) atoms. The standard InChI is InChI=1S/C25H31NO4S2/c1-26-12-11-25-17-7-8-19(27)24(25)30-23-20(9-6-15(22(23)25)14-18(17)26)29-21(28)5-3-2-4-16-10-13-31-32-16/h6,9,16-18,24H,2-5,7-8,10-14H2,1H3/t16?,17-,18+,24-,25-/m0/s1. The Morgan fingerprint density at radius 1 is 1.31 bits per heavy atom. The van der Waals surface area contributed by atoms with Gasteiger partial charge in [-0.2, -0.15) is 0 Å². The van der Waals surface area contributed by atoms with Crippen LogP contribution in [0.5, 0.6) is 11.5 Å². The number of rotatable bonds is 6. The molecule has 0 aromatic heterocycles. The lowest BCUT2D eigenvalue weighted by Crippen LogP contribution is -2.65. The van der Waals surface area contributed by atoms with Crippen molar-refractivity contribution in [2.75, 3.05) is 19.3 Å². The summed E-state index contributed by atoms with van der Waals surface area (Å²) in [5.41, 5.74) is 2.23. The summed E-state index contributed by atoms with van der Waals surface area (Å²) in [6.07, 6.45) is 7.89. The van der Waals surface area contributed by atoms with Crippen molar-refractivity contribution in [3.8, 4) is 11.5 Å². The van der Waals surface area contributed by atoms with E-state index in [0.29, 0.717) is 36.3 Å². The van der Waals surface area contributed by atoms with Crippen LogP contribution in [0.4, 0.5) is 0 Å². The van der Waals surface area contributed by atoms with Gasteiger partial charge in [0, 0.05) is 40.9 Å². The van der Waals surface area contributed by atoms with Crippen LogP contribution in [0, 0.1) is 5.92 Å². The van der Waals surface area contributed by atoms with Gasteiger partial charge in [0.2, 0.25) is 0 Å². The van der Waals surface area contributed by atoms with Gasteiger partial charge in [-0.15, -0.1) is 0 Å². The fourth-order valence-corrected chi connectivity index (χ4v) is 10.00. The fraction of sp³-hybridized carbons (Fsp3) is 0.680. The van der Waals surface area contributed by atoms with Gasteiger partial charge in [-0.05, 0) is 69.7 Å². The predicted molar refractivity (Wildman–Crippen MR) is 128 cm³/mol. The highest BCUT2D eigenvalue weighted by Gasteiger charge is 2.65. The van der Waals surface area contributed by atoms with E-state index in [9.17, 15) is 9.59 Å². The Morgan fingerprint density at radius 3 is 3.06 bits per heavy atom. The number of unbranched alkanes of at least 4 members (excludes halogenated alkanes) is 1. The molecule has 5 atom stereocenters. The Bertz CT molecular complexity index is 946. The second-order valence-corrected chi connectivity index (χ2v) is 12.9. The molecule has 6 rings (SSSR count). The number of benzene rings is 1. The number of piperidine rings is 1. The van der Waals surface area contributed by atoms with Gasteiger partial charge in [-0.1, -0.05) is 34.1 Å². The minimum atomic E-state index is -0.409. The monoisotopic (exact) mass is 473 g/mol. The molecule has 2 bridgehead atoms. The first-order chi connectivity index (χ1) is 15.6. The summed E-state index contributed by atoms with van der Waals surface area (Å²) < 4.78 is 12.2. The largest absolute Gasteiger partial charge is 0.477 e. The van der Waals surface area contributed by atoms with Crippen LogP contribution in [0.25, 0.3) is 0 Å². The van der Waals surface area contributed by atoms with E-state index < -0.39 is 6.10 Å². The second kappa shape index (κ2) is 8.24. The number of ether oxygens (including phenoxy) is 2. The lowest BCUT2D eigenvalue weighted by atomic mass is 9.52. The van der Waals surface area contributed by atoms with Crippen LogP contribution in [0.1, 0.15) is 62.5 Å². The van der Waals surface area contributed by atoms with Gasteiger partial charge in [-0.3, -0.25) is 9.59 Å². The van der Waals surface area contributed by atoms with Crippen LogP contribution in [0.15, 0.2) is 12.1 Å². The first kappa shape index (κ1) is 21.4. The maximum atomic E-state index is 13.0. The van der Waals surface area contributed by atoms with Gasteiger partial charge in [0.1, 0.15) is 0 Å². The number of carbonyl (C=O) groups is 2. The zero-order valence-electron chi connectivity index (χ0n) is 18.6. The number of nitrogens with zero attached hydrogens (tertiary/aromatic N) is 1. The number of ketones is 1. The number of hydrogen-bond acceptors (Lipinski definition) is 7. The molecule has 3 heterocycles. The third-order valence-electron chi connectivity index (χ3n) is 8.48. The van der Waals surface area contributed by atoms with Crippen LogP contribution >= 0.6 is 21.6 Å². The molecule has 0 radical (unpaired) electrons. The van der Waals surface area contributed by atoms with E-state index in [2.05, 4.69) is 18.0 Å². The van der Waals surface area contributed by atoms with Crippen LogP contribution in [-0.2, 0) is 21.4 Å². The van der Waals surface area contributed by atoms with Crippen molar-refractivity contribution in [1.29, 1.82) is 0 Å². The first-order valence-electron chi connectivity index (χ1n) is 12.1. The summed E-state index contributed by atoms with van der Waals surface area (Å²) in [5.74, 6) is 2.92. The quantitative estimate of drug-likeness (QED) is 0.260. The van der Waals surface area contributed by atoms with E-state index in [1.165, 1.54) is 29.7 Å². The Morgan fingerprint density at radius 2 is 2.22 bits per heavy atom. The summed E-state index contributed by atoms with van der Waals surface area (Å²) in [6.45, 7) is 0.981. The predicted octanol–water partition coefficient (Wildman–Crippen LogP) is 4.54. The summed E-state index contributed by atoms with van der Waals surface area (Å²) in [7, 11) is 6.17. The smallest absolute Gasteiger partial charge is 0.311 e. The summed E-state index contributed by atoms with van der Waals surface area (Å²) in [5, 5.41) is 0.747. The van der Waals surface area contributed by atoms with E-state index in [1.54, 1.807) is 0 Å². The van der Waals surface area contributed by atoms with Crippen LogP contribution < -0.4 is 9.47 Å². The molecule has 7 heteroatoms. The average molecular weight is 474 g/mol. The van der Waals surface area contributed by atoms with Gasteiger partial charge in [0.15, 0.2) is 23.4 Å². The fourth-order valence-electron chi connectivity index (χ4n) is 6.97. The van der Waals surface area contributed by atoms with Crippen molar-refractivity contribution in [1.82, 2.24) is 4.90 Å². The third-order valence-corrected chi connectivity index (χ3v) is 11.5. The van der Waals surface area contributed by atoms with E-state index >= 15 is 0 Å². The maximum Gasteiger partial charge on any atom is 0.311 e. The summed E-state index contributed by atoms with van der Waals surface area (Å²) in [6, 6.07) is 4.48. The molecule has 1 aromatic rings. The molecule has 1 aromatic carbocycles. The number of hydrogen-bond donors (Lipinski definition) is 0. The number of Topliss-reactive ketones (excluding diaryl/α,β-unsaturated/α-hetero) is 1. The number of carbonyl (C=O) groups excluding carboxylic acids is 2. The lowest BCUT2D eigenvalue weighted by Gasteiger charge is -2.57. The Labute approximate surface area is 197 Å². The molecule has 0 amide bonds. The van der Waals surface area contributed by atoms with Gasteiger partial charge >= 0.3 is 5.97 Å². The number of likely N-dealkylation sites (N-methyl/N-ethyl adjacent to an activating group) is 1. The molecule has 3 fully saturated rings. The highest BCUT2D eigenvalue weighted by molar-refractivity contribution is 8.77. The zero-order valence-corrected chi connectivity index (χ0v) is 20.3. The number of esters is 1. The average Bonchev–Trinajstić information content (AvgIpc) is 3.42. The maximum absolute atomic E-state index is 13.0. The van der Waals surface area contributed by atoms with Crippen molar-refractivity contribution in [3.05, 3.63) is 23.3 Å². The molecule has 2 saturated heterocycles. The van der Waals surface area contributed by atoms with Crippen LogP contribution in [-0.4, -0.2) is 53.4 Å². The first-order valence-corrected chi connectivity index (χ1v) is 14.5. The number of likely N-dealkylation sites (tertiary alicyclic amines) is 1. The van der Waals surface area contributed by atoms with Crippen molar-refractivity contribution in [2.24, 2.45) is 5.92 Å². The molecule has 3 aliphatic heterocycles. The molecule has 5 aliphatic rings. The summed E-state index contributed by atoms with van der Waals surface area (Å²) in [4.78, 5) is 28.1. The van der Waals surface area contributed by atoms with Gasteiger partial charge in [0.25, 0.3) is 0 Å². The van der Waals surface area contributed by atoms with Gasteiger partial charge in [0.05, 0.1) is 0 Å². The minimum absolute atomic E-state index is 0.189. The topological polar surface area (TPSA) is 55.8 Å². The molecule has 1 unspecified atom stereocenters. The minimum Gasteiger partial charge on any atom is -0.477 e. The van der Waals surface area contributed by atoms with E-state index in [0.717, 1.165) is 43.9 Å². The SMILES string of the molecule is CN1CC[C@]23c4c5ccc(OC(=O)CCCCC6CCSS6)c4O[C@H]2C(=O)CC[C@H]3[C@H]1C5. The molecule has 2 aliphatic carbocycles. The lowest BCUT2D eigenvalue weighted by molar-refractivity contribution is -0.138. The van der Waals surface area contributed by atoms with E-state index in [-0.39, 0.29) is 17.2 Å². The zero-order chi connectivity index (χ0) is 21.9. The molecular weight excluding hydrogens is 442 g/mol. The molecule has 1 spiro atoms. The molecule has 0 N–H and O–H groups in total. The Hall–Kier alpha value is -1.18.